The second-order valence-electron chi connectivity index (χ2n) is 5.29. The van der Waals surface area contributed by atoms with Gasteiger partial charge in [-0.15, -0.1) is 0 Å². The van der Waals surface area contributed by atoms with Crippen LogP contribution in [0.2, 0.25) is 0 Å². The maximum absolute atomic E-state index is 13.6. The van der Waals surface area contributed by atoms with Gasteiger partial charge >= 0.3 is 0 Å². The van der Waals surface area contributed by atoms with Crippen LogP contribution >= 0.6 is 0 Å². The molecule has 1 N–H and O–H groups in total. The van der Waals surface area contributed by atoms with Crippen LogP contribution in [0.4, 0.5) is 4.39 Å². The number of benzene rings is 1. The molecule has 0 spiro atoms. The lowest BCUT2D eigenvalue weighted by Gasteiger charge is -2.35. The molecule has 1 amide bonds. The number of likely N-dealkylation sites (tertiary alicyclic amines) is 1. The van der Waals surface area contributed by atoms with E-state index in [1.54, 1.807) is 30.3 Å². The van der Waals surface area contributed by atoms with Crippen molar-refractivity contribution >= 4 is 5.91 Å². The molecule has 0 radical (unpaired) electrons. The highest BCUT2D eigenvalue weighted by molar-refractivity contribution is 5.77. The first kappa shape index (κ1) is 13.8. The van der Waals surface area contributed by atoms with E-state index in [2.05, 4.69) is 5.10 Å². The zero-order chi connectivity index (χ0) is 15.0. The average molecular weight is 289 g/mol. The molecule has 6 heteroatoms. The normalized spacial score (nSPS) is 15.1. The Morgan fingerprint density at radius 3 is 2.95 bits per heavy atom. The summed E-state index contributed by atoms with van der Waals surface area (Å²) < 4.78 is 15.1. The van der Waals surface area contributed by atoms with Crippen LogP contribution in [0.25, 0.3) is 11.1 Å². The summed E-state index contributed by atoms with van der Waals surface area (Å²) in [7, 11) is 0. The zero-order valence-electron chi connectivity index (χ0n) is 11.7. The topological polar surface area (TPSA) is 58.4 Å². The summed E-state index contributed by atoms with van der Waals surface area (Å²) in [5, 5.41) is 13.3. The predicted octanol–water partition coefficient (Wildman–Crippen LogP) is 1.20. The van der Waals surface area contributed by atoms with E-state index in [0.29, 0.717) is 18.7 Å². The number of rotatable bonds is 3. The zero-order valence-corrected chi connectivity index (χ0v) is 11.7. The number of aliphatic hydroxyl groups is 1. The Morgan fingerprint density at radius 2 is 2.24 bits per heavy atom. The molecule has 2 aromatic rings. The van der Waals surface area contributed by atoms with Crippen molar-refractivity contribution in [1.82, 2.24) is 14.7 Å². The molecule has 1 aromatic carbocycles. The molecule has 1 fully saturated rings. The van der Waals surface area contributed by atoms with Gasteiger partial charge in [0.05, 0.1) is 12.3 Å². The minimum absolute atomic E-state index is 0.0779. The number of amides is 1. The van der Waals surface area contributed by atoms with Crippen LogP contribution in [0.5, 0.6) is 0 Å². The number of β-amino-alcohol motifs (C(OH)–C–C–N with tert-alkyl or cyclic N) is 1. The fraction of sp³-hybridized carbons (Fsp3) is 0.333. The molecule has 5 nitrogen and oxygen atoms in total. The molecule has 3 rings (SSSR count). The molecule has 2 heterocycles. The minimum Gasteiger partial charge on any atom is -0.389 e. The molecular formula is C15H16FN3O2. The van der Waals surface area contributed by atoms with Crippen LogP contribution in [0.3, 0.4) is 0 Å². The summed E-state index contributed by atoms with van der Waals surface area (Å²) in [5.74, 6) is -0.336. The van der Waals surface area contributed by atoms with E-state index in [-0.39, 0.29) is 18.3 Å². The molecule has 0 bridgehead atoms. The number of hydrogen-bond acceptors (Lipinski definition) is 3. The van der Waals surface area contributed by atoms with Gasteiger partial charge in [-0.05, 0) is 24.1 Å². The number of carbonyl (C=O) groups excluding carboxylic acids is 1. The molecule has 1 aromatic heterocycles. The van der Waals surface area contributed by atoms with Crippen molar-refractivity contribution in [3.05, 3.63) is 42.0 Å². The van der Waals surface area contributed by atoms with Gasteiger partial charge in [-0.3, -0.25) is 9.48 Å². The number of aliphatic hydroxyl groups excluding tert-OH is 1. The molecule has 1 saturated heterocycles. The first-order valence-electron chi connectivity index (χ1n) is 6.78. The highest BCUT2D eigenvalue weighted by Crippen LogP contribution is 2.24. The third kappa shape index (κ3) is 2.67. The van der Waals surface area contributed by atoms with E-state index < -0.39 is 6.10 Å². The molecule has 110 valence electrons. The number of halogens is 1. The van der Waals surface area contributed by atoms with Crippen molar-refractivity contribution in [2.24, 2.45) is 0 Å². The Hall–Kier alpha value is -2.21. The van der Waals surface area contributed by atoms with Crippen LogP contribution < -0.4 is 0 Å². The Kier molecular flexibility index (Phi) is 3.47. The quantitative estimate of drug-likeness (QED) is 0.923. The summed E-state index contributed by atoms with van der Waals surface area (Å²) in [6.45, 7) is 2.61. The Morgan fingerprint density at radius 1 is 1.48 bits per heavy atom. The molecule has 0 saturated carbocycles. The first-order chi connectivity index (χ1) is 10.0. The number of aromatic nitrogens is 2. The van der Waals surface area contributed by atoms with Crippen LogP contribution in [0.15, 0.2) is 30.6 Å². The SMILES string of the molecule is Cc1c(F)cccc1-c1cnn(CC(=O)N2CC(O)C2)c1. The van der Waals surface area contributed by atoms with Gasteiger partial charge in [-0.25, -0.2) is 4.39 Å². The van der Waals surface area contributed by atoms with Crippen molar-refractivity contribution in [3.8, 4) is 11.1 Å². The van der Waals surface area contributed by atoms with E-state index in [9.17, 15) is 14.3 Å². The fourth-order valence-electron chi connectivity index (χ4n) is 2.41. The van der Waals surface area contributed by atoms with Crippen molar-refractivity contribution in [3.63, 3.8) is 0 Å². The first-order valence-corrected chi connectivity index (χ1v) is 6.78. The van der Waals surface area contributed by atoms with Crippen molar-refractivity contribution in [1.29, 1.82) is 0 Å². The van der Waals surface area contributed by atoms with E-state index >= 15 is 0 Å². The Labute approximate surface area is 121 Å². The number of carbonyl (C=O) groups is 1. The van der Waals surface area contributed by atoms with Crippen LogP contribution in [-0.2, 0) is 11.3 Å². The maximum atomic E-state index is 13.6. The van der Waals surface area contributed by atoms with Crippen LogP contribution in [0.1, 0.15) is 5.56 Å². The highest BCUT2D eigenvalue weighted by Gasteiger charge is 2.28. The van der Waals surface area contributed by atoms with Crippen LogP contribution in [0, 0.1) is 12.7 Å². The molecule has 0 atom stereocenters. The molecule has 1 aliphatic rings. The minimum atomic E-state index is -0.405. The molecule has 1 aliphatic heterocycles. The third-order valence-corrected chi connectivity index (χ3v) is 3.72. The molecule has 0 aliphatic carbocycles. The standard InChI is InChI=1S/C15H16FN3O2/c1-10-13(3-2-4-14(10)16)11-5-17-19(6-11)9-15(21)18-7-12(20)8-18/h2-6,12,20H,7-9H2,1H3. The summed E-state index contributed by atoms with van der Waals surface area (Å²) in [5.41, 5.74) is 2.12. The van der Waals surface area contributed by atoms with Crippen molar-refractivity contribution in [2.45, 2.75) is 19.6 Å². The lowest BCUT2D eigenvalue weighted by Crippen LogP contribution is -2.54. The van der Waals surface area contributed by atoms with Gasteiger partial charge in [0, 0.05) is 24.8 Å². The molecular weight excluding hydrogens is 273 g/mol. The number of nitrogens with zero attached hydrogens (tertiary/aromatic N) is 3. The fourth-order valence-corrected chi connectivity index (χ4v) is 2.41. The lowest BCUT2D eigenvalue weighted by molar-refractivity contribution is -0.142. The maximum Gasteiger partial charge on any atom is 0.244 e. The van der Waals surface area contributed by atoms with Crippen molar-refractivity contribution < 1.29 is 14.3 Å². The predicted molar refractivity (Wildman–Crippen MR) is 74.9 cm³/mol. The second kappa shape index (κ2) is 5.29. The summed E-state index contributed by atoms with van der Waals surface area (Å²) in [6, 6.07) is 4.90. The van der Waals surface area contributed by atoms with Gasteiger partial charge < -0.3 is 10.0 Å². The van der Waals surface area contributed by atoms with Gasteiger partial charge in [0.15, 0.2) is 0 Å². The molecule has 21 heavy (non-hydrogen) atoms. The van der Waals surface area contributed by atoms with Crippen molar-refractivity contribution in [2.75, 3.05) is 13.1 Å². The molecule has 0 unspecified atom stereocenters. The van der Waals surface area contributed by atoms with Gasteiger partial charge in [-0.1, -0.05) is 12.1 Å². The van der Waals surface area contributed by atoms with Crippen LogP contribution in [-0.4, -0.2) is 44.9 Å². The number of hydrogen-bond donors (Lipinski definition) is 1. The summed E-state index contributed by atoms with van der Waals surface area (Å²) in [6.07, 6.45) is 2.95. The largest absolute Gasteiger partial charge is 0.389 e. The average Bonchev–Trinajstić information content (AvgIpc) is 2.86. The van der Waals surface area contributed by atoms with E-state index in [4.69, 9.17) is 0 Å². The third-order valence-electron chi connectivity index (χ3n) is 3.72. The van der Waals surface area contributed by atoms with Gasteiger partial charge in [0.1, 0.15) is 12.4 Å². The lowest BCUT2D eigenvalue weighted by atomic mass is 10.0. The van der Waals surface area contributed by atoms with Gasteiger partial charge in [0.2, 0.25) is 5.91 Å². The highest BCUT2D eigenvalue weighted by atomic mass is 19.1. The summed E-state index contributed by atoms with van der Waals surface area (Å²) >= 11 is 0. The van der Waals surface area contributed by atoms with E-state index in [1.165, 1.54) is 10.7 Å². The summed E-state index contributed by atoms with van der Waals surface area (Å²) in [4.78, 5) is 13.5. The Balaban J connectivity index is 1.74. The monoisotopic (exact) mass is 289 g/mol. The Bertz CT molecular complexity index is 677. The van der Waals surface area contributed by atoms with Gasteiger partial charge in [0.25, 0.3) is 0 Å². The van der Waals surface area contributed by atoms with E-state index in [0.717, 1.165) is 11.1 Å². The second-order valence-corrected chi connectivity index (χ2v) is 5.29. The van der Waals surface area contributed by atoms with Gasteiger partial charge in [-0.2, -0.15) is 5.10 Å². The van der Waals surface area contributed by atoms with E-state index in [1.807, 2.05) is 6.07 Å². The smallest absolute Gasteiger partial charge is 0.244 e.